The summed E-state index contributed by atoms with van der Waals surface area (Å²) < 4.78 is 19.9. The zero-order chi connectivity index (χ0) is 22.0. The third kappa shape index (κ3) is 4.36. The van der Waals surface area contributed by atoms with Crippen molar-refractivity contribution in [3.05, 3.63) is 58.9 Å². The molecule has 0 saturated heterocycles. The van der Waals surface area contributed by atoms with E-state index in [1.165, 1.54) is 23.9 Å². The quantitative estimate of drug-likeness (QED) is 0.459. The number of halogens is 2. The van der Waals surface area contributed by atoms with Crippen LogP contribution in [0.3, 0.4) is 0 Å². The molecular formula is C22H20ClFN4O2S. The number of aromatic nitrogens is 3. The number of hydrogen-bond donors (Lipinski definition) is 0. The summed E-state index contributed by atoms with van der Waals surface area (Å²) in [4.78, 5) is 19.4. The van der Waals surface area contributed by atoms with E-state index in [-0.39, 0.29) is 17.6 Å². The normalized spacial score (nSPS) is 15.0. The van der Waals surface area contributed by atoms with Crippen molar-refractivity contribution in [3.8, 4) is 17.1 Å². The zero-order valence-corrected chi connectivity index (χ0v) is 18.6. The van der Waals surface area contributed by atoms with E-state index < -0.39 is 6.23 Å². The van der Waals surface area contributed by atoms with Crippen molar-refractivity contribution in [1.29, 1.82) is 0 Å². The monoisotopic (exact) mass is 458 g/mol. The van der Waals surface area contributed by atoms with Crippen LogP contribution in [0.4, 0.5) is 10.1 Å². The van der Waals surface area contributed by atoms with Crippen LogP contribution in [-0.4, -0.2) is 26.8 Å². The van der Waals surface area contributed by atoms with E-state index in [1.54, 1.807) is 35.2 Å². The topological polar surface area (TPSA) is 68.2 Å². The molecule has 31 heavy (non-hydrogen) atoms. The Balaban J connectivity index is 1.95. The standard InChI is InChI=1S/C22H20ClFN4O2S/c1-3-5-18(29)28-17-11-8-14(23)12-16(17)19-20(25-22(27-26-19)31-4-2)30-21(28)13-6-9-15(24)10-7-13/h6-12,21H,3-5H2,1-2H3/t21-/m1/s1. The van der Waals surface area contributed by atoms with E-state index in [9.17, 15) is 9.18 Å². The molecule has 0 fully saturated rings. The Hall–Kier alpha value is -2.71. The Morgan fingerprint density at radius 3 is 2.68 bits per heavy atom. The molecule has 6 nitrogen and oxygen atoms in total. The molecule has 160 valence electrons. The summed E-state index contributed by atoms with van der Waals surface area (Å²) in [6, 6.07) is 11.1. The number of thioether (sulfide) groups is 1. The first kappa shape index (κ1) is 21.5. The average Bonchev–Trinajstić information content (AvgIpc) is 2.89. The lowest BCUT2D eigenvalue weighted by Crippen LogP contribution is -2.37. The van der Waals surface area contributed by atoms with Crippen molar-refractivity contribution in [1.82, 2.24) is 15.2 Å². The number of nitrogens with zero attached hydrogens (tertiary/aromatic N) is 4. The summed E-state index contributed by atoms with van der Waals surface area (Å²) in [5.41, 5.74) is 2.20. The lowest BCUT2D eigenvalue weighted by atomic mass is 10.1. The fraction of sp³-hybridized carbons (Fsp3) is 0.273. The molecule has 3 aromatic rings. The van der Waals surface area contributed by atoms with Crippen LogP contribution in [0.1, 0.15) is 38.5 Å². The molecular weight excluding hydrogens is 439 g/mol. The van der Waals surface area contributed by atoms with Gasteiger partial charge in [0.25, 0.3) is 0 Å². The lowest BCUT2D eigenvalue weighted by molar-refractivity contribution is -0.120. The van der Waals surface area contributed by atoms with Crippen molar-refractivity contribution in [2.75, 3.05) is 10.7 Å². The van der Waals surface area contributed by atoms with E-state index in [0.717, 1.165) is 5.75 Å². The van der Waals surface area contributed by atoms with Crippen LogP contribution in [0.15, 0.2) is 47.6 Å². The number of fused-ring (bicyclic) bond motifs is 3. The molecule has 0 spiro atoms. The molecule has 0 radical (unpaired) electrons. The van der Waals surface area contributed by atoms with Gasteiger partial charge in [-0.15, -0.1) is 10.2 Å². The lowest BCUT2D eigenvalue weighted by Gasteiger charge is -2.31. The summed E-state index contributed by atoms with van der Waals surface area (Å²) in [6.45, 7) is 3.92. The number of anilines is 1. The number of hydrogen-bond acceptors (Lipinski definition) is 6. The molecule has 0 N–H and O–H groups in total. The summed E-state index contributed by atoms with van der Waals surface area (Å²) in [5.74, 6) is 0.507. The summed E-state index contributed by atoms with van der Waals surface area (Å²) in [5, 5.41) is 9.50. The predicted octanol–water partition coefficient (Wildman–Crippen LogP) is 5.67. The van der Waals surface area contributed by atoms with Crippen molar-refractivity contribution < 1.29 is 13.9 Å². The van der Waals surface area contributed by atoms with Gasteiger partial charge in [0.2, 0.25) is 23.2 Å². The van der Waals surface area contributed by atoms with Gasteiger partial charge in [0.1, 0.15) is 5.82 Å². The van der Waals surface area contributed by atoms with Crippen LogP contribution >= 0.6 is 23.4 Å². The van der Waals surface area contributed by atoms with Gasteiger partial charge in [-0.25, -0.2) is 4.39 Å². The Bertz CT molecular complexity index is 1110. The molecule has 1 aromatic heterocycles. The largest absolute Gasteiger partial charge is 0.447 e. The SMILES string of the molecule is CCCC(=O)N1c2ccc(Cl)cc2-c2nnc(SCC)nc2O[C@@H]1c1ccc(F)cc1. The average molecular weight is 459 g/mol. The van der Waals surface area contributed by atoms with Gasteiger partial charge in [-0.3, -0.25) is 9.69 Å². The van der Waals surface area contributed by atoms with Crippen molar-refractivity contribution in [2.24, 2.45) is 0 Å². The minimum absolute atomic E-state index is 0.135. The smallest absolute Gasteiger partial charge is 0.247 e. The van der Waals surface area contributed by atoms with E-state index in [4.69, 9.17) is 16.3 Å². The Morgan fingerprint density at radius 2 is 1.97 bits per heavy atom. The fourth-order valence-electron chi connectivity index (χ4n) is 3.38. The highest BCUT2D eigenvalue weighted by molar-refractivity contribution is 7.99. The van der Waals surface area contributed by atoms with Crippen LogP contribution < -0.4 is 9.64 Å². The Morgan fingerprint density at radius 1 is 1.19 bits per heavy atom. The third-order valence-electron chi connectivity index (χ3n) is 4.73. The summed E-state index contributed by atoms with van der Waals surface area (Å²) >= 11 is 7.71. The van der Waals surface area contributed by atoms with Crippen LogP contribution in [0, 0.1) is 5.82 Å². The molecule has 0 bridgehead atoms. The zero-order valence-electron chi connectivity index (χ0n) is 17.0. The Kier molecular flexibility index (Phi) is 6.38. The maximum absolute atomic E-state index is 13.6. The maximum atomic E-state index is 13.6. The number of rotatable bonds is 5. The van der Waals surface area contributed by atoms with E-state index in [2.05, 4.69) is 15.2 Å². The molecule has 2 aromatic carbocycles. The molecule has 0 saturated carbocycles. The van der Waals surface area contributed by atoms with Gasteiger partial charge in [-0.05, 0) is 42.5 Å². The van der Waals surface area contributed by atoms with Crippen LogP contribution in [-0.2, 0) is 4.79 Å². The molecule has 0 unspecified atom stereocenters. The summed E-state index contributed by atoms with van der Waals surface area (Å²) in [7, 11) is 0. The van der Waals surface area contributed by atoms with Gasteiger partial charge >= 0.3 is 0 Å². The van der Waals surface area contributed by atoms with Crippen LogP contribution in [0.2, 0.25) is 5.02 Å². The van der Waals surface area contributed by atoms with Crippen molar-refractivity contribution in [2.45, 2.75) is 38.1 Å². The van der Waals surface area contributed by atoms with Gasteiger partial charge in [0.05, 0.1) is 5.69 Å². The molecule has 1 aliphatic heterocycles. The minimum Gasteiger partial charge on any atom is -0.447 e. The second kappa shape index (κ2) is 9.20. The highest BCUT2D eigenvalue weighted by Crippen LogP contribution is 2.44. The second-order valence-corrected chi connectivity index (χ2v) is 8.55. The van der Waals surface area contributed by atoms with Crippen molar-refractivity contribution in [3.63, 3.8) is 0 Å². The predicted molar refractivity (Wildman–Crippen MR) is 119 cm³/mol. The second-order valence-electron chi connectivity index (χ2n) is 6.88. The van der Waals surface area contributed by atoms with E-state index >= 15 is 0 Å². The molecule has 1 atom stereocenters. The maximum Gasteiger partial charge on any atom is 0.247 e. The number of carbonyl (C=O) groups excluding carboxylic acids is 1. The van der Waals surface area contributed by atoms with Crippen LogP contribution in [0.25, 0.3) is 11.3 Å². The van der Waals surface area contributed by atoms with Crippen molar-refractivity contribution >= 4 is 35.0 Å². The number of ether oxygens (including phenoxy) is 1. The number of amides is 1. The van der Waals surface area contributed by atoms with Gasteiger partial charge in [-0.2, -0.15) is 4.98 Å². The molecule has 1 amide bonds. The van der Waals surface area contributed by atoms with Crippen LogP contribution in [0.5, 0.6) is 5.88 Å². The summed E-state index contributed by atoms with van der Waals surface area (Å²) in [6.07, 6.45) is 0.128. The molecule has 1 aliphatic rings. The van der Waals surface area contributed by atoms with Gasteiger partial charge in [-0.1, -0.05) is 49.3 Å². The minimum atomic E-state index is -0.850. The molecule has 4 rings (SSSR count). The highest BCUT2D eigenvalue weighted by atomic mass is 35.5. The van der Waals surface area contributed by atoms with Gasteiger partial charge in [0, 0.05) is 22.6 Å². The number of carbonyl (C=O) groups is 1. The van der Waals surface area contributed by atoms with Gasteiger partial charge in [0.15, 0.2) is 5.69 Å². The first-order valence-electron chi connectivity index (χ1n) is 9.93. The Labute approximate surface area is 188 Å². The fourth-order valence-corrected chi connectivity index (χ4v) is 4.05. The highest BCUT2D eigenvalue weighted by Gasteiger charge is 2.35. The van der Waals surface area contributed by atoms with Gasteiger partial charge < -0.3 is 4.74 Å². The van der Waals surface area contributed by atoms with E-state index in [1.807, 2.05) is 13.8 Å². The molecule has 9 heteroatoms. The number of benzene rings is 2. The molecule has 0 aliphatic carbocycles. The van der Waals surface area contributed by atoms with E-state index in [0.29, 0.717) is 45.5 Å². The first-order chi connectivity index (χ1) is 15.0. The molecule has 2 heterocycles. The third-order valence-corrected chi connectivity index (χ3v) is 5.68. The first-order valence-corrected chi connectivity index (χ1v) is 11.3.